The van der Waals surface area contributed by atoms with Crippen molar-refractivity contribution >= 4 is 17.9 Å². The highest BCUT2D eigenvalue weighted by molar-refractivity contribution is 5.72. The smallest absolute Gasteiger partial charge is 0.309 e. The summed E-state index contributed by atoms with van der Waals surface area (Å²) in [6.45, 7) is 6.41. The Labute approximate surface area is 494 Å². The van der Waals surface area contributed by atoms with Crippen LogP contribution in [0.15, 0.2) is 122 Å². The zero-order valence-corrected chi connectivity index (χ0v) is 52.3. The molecule has 0 aromatic heterocycles. The molecule has 0 rings (SSSR count). The minimum Gasteiger partial charge on any atom is -0.462 e. The van der Waals surface area contributed by atoms with Gasteiger partial charge < -0.3 is 14.2 Å². The lowest BCUT2D eigenvalue weighted by Gasteiger charge is -2.18. The normalized spacial score (nSPS) is 12.9. The largest absolute Gasteiger partial charge is 0.462 e. The molecule has 0 aliphatic heterocycles. The molecule has 0 N–H and O–H groups in total. The van der Waals surface area contributed by atoms with E-state index in [1.165, 1.54) is 161 Å². The summed E-state index contributed by atoms with van der Waals surface area (Å²) in [5, 5.41) is 0. The van der Waals surface area contributed by atoms with Gasteiger partial charge in [0.1, 0.15) is 13.2 Å². The van der Waals surface area contributed by atoms with Gasteiger partial charge in [-0.15, -0.1) is 0 Å². The molecular formula is C74H124O6. The van der Waals surface area contributed by atoms with E-state index in [-0.39, 0.29) is 31.6 Å². The first-order valence-electron chi connectivity index (χ1n) is 33.5. The molecule has 0 radical (unpaired) electrons. The van der Waals surface area contributed by atoms with Crippen LogP contribution in [0.5, 0.6) is 0 Å². The monoisotopic (exact) mass is 1110 g/mol. The summed E-state index contributed by atoms with van der Waals surface area (Å²) in [5.74, 6) is -1.06. The third-order valence-electron chi connectivity index (χ3n) is 14.2. The summed E-state index contributed by atoms with van der Waals surface area (Å²) in [6.07, 6.45) is 93.9. The molecule has 0 saturated heterocycles. The summed E-state index contributed by atoms with van der Waals surface area (Å²) in [4.78, 5) is 38.2. The molecule has 80 heavy (non-hydrogen) atoms. The minimum atomic E-state index is -0.829. The topological polar surface area (TPSA) is 78.9 Å². The van der Waals surface area contributed by atoms with Crippen LogP contribution in [0.3, 0.4) is 0 Å². The predicted octanol–water partition coefficient (Wildman–Crippen LogP) is 23.2. The Bertz CT molecular complexity index is 1650. The van der Waals surface area contributed by atoms with Crippen LogP contribution in [0, 0.1) is 0 Å². The maximum Gasteiger partial charge on any atom is 0.309 e. The number of ether oxygens (including phenoxy) is 3. The lowest BCUT2D eigenvalue weighted by Crippen LogP contribution is -2.30. The minimum absolute atomic E-state index is 0.114. The molecule has 0 saturated carbocycles. The van der Waals surface area contributed by atoms with E-state index >= 15 is 0 Å². The lowest BCUT2D eigenvalue weighted by molar-refractivity contribution is -0.166. The number of unbranched alkanes of at least 4 members (excludes halogenated alkanes) is 30. The molecule has 0 amide bonds. The predicted molar refractivity (Wildman–Crippen MR) is 348 cm³/mol. The van der Waals surface area contributed by atoms with Crippen molar-refractivity contribution in [2.24, 2.45) is 0 Å². The molecule has 6 nitrogen and oxygen atoms in total. The fourth-order valence-electron chi connectivity index (χ4n) is 9.20. The van der Waals surface area contributed by atoms with Gasteiger partial charge in [-0.1, -0.05) is 296 Å². The highest BCUT2D eigenvalue weighted by Gasteiger charge is 2.19. The van der Waals surface area contributed by atoms with Crippen molar-refractivity contribution in [3.8, 4) is 0 Å². The first-order chi connectivity index (χ1) is 39.5. The summed E-state index contributed by atoms with van der Waals surface area (Å²) in [6, 6.07) is 0. The van der Waals surface area contributed by atoms with E-state index in [0.29, 0.717) is 12.8 Å². The summed E-state index contributed by atoms with van der Waals surface area (Å²) >= 11 is 0. The molecule has 0 spiro atoms. The van der Waals surface area contributed by atoms with Crippen LogP contribution < -0.4 is 0 Å². The molecule has 0 aliphatic rings. The number of carbonyl (C=O) groups is 3. The molecule has 0 aromatic rings. The van der Waals surface area contributed by atoms with Gasteiger partial charge >= 0.3 is 17.9 Å². The highest BCUT2D eigenvalue weighted by Crippen LogP contribution is 2.16. The van der Waals surface area contributed by atoms with Gasteiger partial charge in [0.05, 0.1) is 6.42 Å². The molecule has 0 aromatic carbocycles. The second-order valence-electron chi connectivity index (χ2n) is 22.0. The van der Waals surface area contributed by atoms with Gasteiger partial charge in [-0.2, -0.15) is 0 Å². The first kappa shape index (κ1) is 75.8. The summed E-state index contributed by atoms with van der Waals surface area (Å²) < 4.78 is 16.8. The van der Waals surface area contributed by atoms with Crippen LogP contribution in [0.25, 0.3) is 0 Å². The van der Waals surface area contributed by atoms with E-state index in [9.17, 15) is 14.4 Å². The second kappa shape index (κ2) is 67.3. The van der Waals surface area contributed by atoms with Crippen LogP contribution in [0.4, 0.5) is 0 Å². The highest BCUT2D eigenvalue weighted by atomic mass is 16.6. The average molecular weight is 1110 g/mol. The number of rotatable bonds is 60. The zero-order chi connectivity index (χ0) is 57.8. The van der Waals surface area contributed by atoms with Gasteiger partial charge in [0.2, 0.25) is 0 Å². The van der Waals surface area contributed by atoms with Crippen molar-refractivity contribution in [1.82, 2.24) is 0 Å². The molecule has 0 heterocycles. The van der Waals surface area contributed by atoms with E-state index in [1.807, 2.05) is 6.08 Å². The number of carbonyl (C=O) groups excluding carboxylic acids is 3. The van der Waals surface area contributed by atoms with Gasteiger partial charge in [-0.25, -0.2) is 0 Å². The number of allylic oxidation sites excluding steroid dienone is 19. The first-order valence-corrected chi connectivity index (χ1v) is 33.5. The number of hydrogen-bond donors (Lipinski definition) is 0. The maximum absolute atomic E-state index is 12.9. The van der Waals surface area contributed by atoms with Gasteiger partial charge in [0.25, 0.3) is 0 Å². The van der Waals surface area contributed by atoms with Gasteiger partial charge in [-0.05, 0) is 116 Å². The van der Waals surface area contributed by atoms with E-state index in [0.717, 1.165) is 109 Å². The maximum atomic E-state index is 12.9. The van der Waals surface area contributed by atoms with E-state index < -0.39 is 12.1 Å². The Morgan fingerprint density at radius 1 is 0.275 bits per heavy atom. The second-order valence-corrected chi connectivity index (χ2v) is 22.0. The average Bonchev–Trinajstić information content (AvgIpc) is 3.46. The molecule has 6 heteroatoms. The van der Waals surface area contributed by atoms with Crippen LogP contribution in [-0.4, -0.2) is 37.2 Å². The van der Waals surface area contributed by atoms with Crippen molar-refractivity contribution in [3.63, 3.8) is 0 Å². The SMILES string of the molecule is CC/C=C\C/C=C\C/C=C\C/C=C\C/C=C\CC(=O)OCC(COC(=O)CCCCCCCCCCCCCCCCCC/C=C\C/C=C\C/C=C\CCCCCCC)OC(=O)CCCCCCC/C=C\C/C=C\CCCCCC. The molecule has 1 unspecified atom stereocenters. The number of esters is 3. The zero-order valence-electron chi connectivity index (χ0n) is 52.3. The molecular weight excluding hydrogens is 985 g/mol. The number of hydrogen-bond acceptors (Lipinski definition) is 6. The van der Waals surface area contributed by atoms with Crippen molar-refractivity contribution in [1.29, 1.82) is 0 Å². The van der Waals surface area contributed by atoms with E-state index in [2.05, 4.69) is 130 Å². The van der Waals surface area contributed by atoms with Gasteiger partial charge in [0, 0.05) is 12.8 Å². The third-order valence-corrected chi connectivity index (χ3v) is 14.2. The van der Waals surface area contributed by atoms with Crippen molar-refractivity contribution in [2.45, 2.75) is 316 Å². The van der Waals surface area contributed by atoms with Crippen LogP contribution in [0.2, 0.25) is 0 Å². The Morgan fingerprint density at radius 3 is 0.887 bits per heavy atom. The van der Waals surface area contributed by atoms with Gasteiger partial charge in [0.15, 0.2) is 6.10 Å². The molecule has 456 valence electrons. The van der Waals surface area contributed by atoms with Crippen LogP contribution >= 0.6 is 0 Å². The third kappa shape index (κ3) is 64.6. The summed E-state index contributed by atoms with van der Waals surface area (Å²) in [7, 11) is 0. The lowest BCUT2D eigenvalue weighted by atomic mass is 10.0. The Morgan fingerprint density at radius 2 is 0.537 bits per heavy atom. The molecule has 0 aliphatic carbocycles. The fraction of sp³-hybridized carbons (Fsp3) is 0.689. The van der Waals surface area contributed by atoms with Crippen LogP contribution in [-0.2, 0) is 28.6 Å². The standard InChI is InChI=1S/C74H124O6/c1-4-7-10-13-16-19-22-25-28-30-31-32-33-34-35-36-37-38-39-40-41-42-43-44-47-49-52-55-58-61-64-67-73(76)79-70-71(69-78-72(75)66-63-60-57-54-51-48-45-27-24-21-18-15-12-9-6-3)80-74(77)68-65-62-59-56-53-50-46-29-26-23-20-17-14-11-8-5-2/h9,12,18,20-23,25,27,29-31,33-34,45-46,51,54,60,63,71H,4-8,10-11,13-17,19,24,26,28,32,35-44,47-50,52-53,55-59,61-62,64-70H2,1-3H3/b12-9-,21-18-,23-20-,25-22-,31-30-,34-33-,45-27-,46-29-,54-51-,63-60-. The quantitative estimate of drug-likeness (QED) is 0.0261. The van der Waals surface area contributed by atoms with Crippen molar-refractivity contribution in [2.75, 3.05) is 13.2 Å². The molecule has 0 bridgehead atoms. The van der Waals surface area contributed by atoms with E-state index in [4.69, 9.17) is 14.2 Å². The Hall–Kier alpha value is -4.19. The Kier molecular flexibility index (Phi) is 63.8. The van der Waals surface area contributed by atoms with Crippen LogP contribution in [0.1, 0.15) is 310 Å². The van der Waals surface area contributed by atoms with Crippen molar-refractivity contribution < 1.29 is 28.6 Å². The molecule has 1 atom stereocenters. The van der Waals surface area contributed by atoms with E-state index in [1.54, 1.807) is 6.08 Å². The molecule has 0 fully saturated rings. The van der Waals surface area contributed by atoms with Crippen molar-refractivity contribution in [3.05, 3.63) is 122 Å². The fourth-order valence-corrected chi connectivity index (χ4v) is 9.20. The summed E-state index contributed by atoms with van der Waals surface area (Å²) in [5.41, 5.74) is 0. The Balaban J connectivity index is 4.30. The van der Waals surface area contributed by atoms with Gasteiger partial charge in [-0.3, -0.25) is 14.4 Å².